The number of carbonyl (C=O) groups is 2. The minimum atomic E-state index is -4.43. The average molecular weight is 430 g/mol. The fourth-order valence-corrected chi connectivity index (χ4v) is 3.84. The zero-order valence-corrected chi connectivity index (χ0v) is 17.0. The number of anilines is 1. The van der Waals surface area contributed by atoms with Crippen molar-refractivity contribution in [3.8, 4) is 11.1 Å². The summed E-state index contributed by atoms with van der Waals surface area (Å²) in [5, 5.41) is 6.10. The highest BCUT2D eigenvalue weighted by atomic mass is 19.4. The van der Waals surface area contributed by atoms with Gasteiger partial charge in [-0.3, -0.25) is 14.6 Å². The lowest BCUT2D eigenvalue weighted by Crippen LogP contribution is -2.44. The fourth-order valence-electron chi connectivity index (χ4n) is 3.84. The summed E-state index contributed by atoms with van der Waals surface area (Å²) in [6, 6.07) is 4.14. The van der Waals surface area contributed by atoms with Gasteiger partial charge < -0.3 is 10.6 Å². The third-order valence-corrected chi connectivity index (χ3v) is 5.69. The lowest BCUT2D eigenvalue weighted by Gasteiger charge is -2.26. The van der Waals surface area contributed by atoms with Crippen molar-refractivity contribution < 1.29 is 22.8 Å². The van der Waals surface area contributed by atoms with Crippen LogP contribution in [0, 0.1) is 0 Å². The highest BCUT2D eigenvalue weighted by Gasteiger charge is 2.34. The monoisotopic (exact) mass is 430 g/mol. The van der Waals surface area contributed by atoms with E-state index in [-0.39, 0.29) is 11.7 Å². The number of amides is 1. The van der Waals surface area contributed by atoms with Gasteiger partial charge in [0.05, 0.1) is 16.7 Å². The number of nitrogens with one attached hydrogen (secondary N) is 2. The number of Topliss-reactive ketones (excluding diaryl/α,β-unsaturated/α-hetero) is 1. The van der Waals surface area contributed by atoms with Crippen LogP contribution in [0.15, 0.2) is 35.5 Å². The Morgan fingerprint density at radius 2 is 1.94 bits per heavy atom. The van der Waals surface area contributed by atoms with Crippen LogP contribution in [-0.4, -0.2) is 41.0 Å². The molecular weight excluding hydrogens is 409 g/mol. The van der Waals surface area contributed by atoms with Crippen molar-refractivity contribution in [1.29, 1.82) is 0 Å². The van der Waals surface area contributed by atoms with Crippen LogP contribution in [-0.2, 0) is 11.0 Å². The maximum atomic E-state index is 12.9. The molecule has 3 heterocycles. The van der Waals surface area contributed by atoms with Crippen molar-refractivity contribution in [1.82, 2.24) is 10.3 Å². The third kappa shape index (κ3) is 4.04. The van der Waals surface area contributed by atoms with E-state index in [0.717, 1.165) is 12.1 Å². The summed E-state index contributed by atoms with van der Waals surface area (Å²) in [4.78, 5) is 33.1. The number of hydrogen-bond acceptors (Lipinski definition) is 5. The van der Waals surface area contributed by atoms with Gasteiger partial charge in [0, 0.05) is 36.5 Å². The first kappa shape index (κ1) is 21.0. The molecule has 1 saturated heterocycles. The van der Waals surface area contributed by atoms with Gasteiger partial charge in [-0.15, -0.1) is 0 Å². The number of fused-ring (bicyclic) bond motifs is 1. The van der Waals surface area contributed by atoms with E-state index in [1.54, 1.807) is 13.1 Å². The standard InChI is InChI=1S/C22H21F3N4O2/c1-12-19(31)18-16(10-26-12)15(13-3-5-14(6-4-13)22(23,24)25)9-27-20(18)28-11-21(2)8-7-17(30)29-21/h3-6,9-10,12H,7-8,11H2,1-2H3,(H,27,28)(H,29,30). The topological polar surface area (TPSA) is 83.4 Å². The summed E-state index contributed by atoms with van der Waals surface area (Å²) in [7, 11) is 0. The Hall–Kier alpha value is -3.23. The summed E-state index contributed by atoms with van der Waals surface area (Å²) in [5.41, 5.74) is 0.705. The molecule has 1 aromatic carbocycles. The fraction of sp³-hybridized carbons (Fsp3) is 0.364. The van der Waals surface area contributed by atoms with E-state index < -0.39 is 23.3 Å². The molecule has 31 heavy (non-hydrogen) atoms. The quantitative estimate of drug-likeness (QED) is 0.772. The van der Waals surface area contributed by atoms with E-state index in [2.05, 4.69) is 20.6 Å². The number of carbonyl (C=O) groups excluding carboxylic acids is 2. The summed E-state index contributed by atoms with van der Waals surface area (Å²) in [5.74, 6) is 0.131. The molecule has 6 nitrogen and oxygen atoms in total. The van der Waals surface area contributed by atoms with Crippen LogP contribution >= 0.6 is 0 Å². The summed E-state index contributed by atoms with van der Waals surface area (Å²) in [6.45, 7) is 3.98. The molecule has 0 saturated carbocycles. The van der Waals surface area contributed by atoms with Crippen LogP contribution in [0.2, 0.25) is 0 Å². The van der Waals surface area contributed by atoms with Gasteiger partial charge in [0.15, 0.2) is 5.78 Å². The Bertz CT molecular complexity index is 1080. The molecular formula is C22H21F3N4O2. The number of hydrogen-bond donors (Lipinski definition) is 2. The second-order valence-corrected chi connectivity index (χ2v) is 8.17. The van der Waals surface area contributed by atoms with Crippen LogP contribution in [0.5, 0.6) is 0 Å². The second kappa shape index (κ2) is 7.47. The number of aliphatic imine (C=N–C) groups is 1. The first-order valence-electron chi connectivity index (χ1n) is 9.90. The van der Waals surface area contributed by atoms with E-state index in [4.69, 9.17) is 0 Å². The Labute approximate surface area is 177 Å². The molecule has 1 aromatic heterocycles. The molecule has 0 spiro atoms. The van der Waals surface area contributed by atoms with Crippen LogP contribution < -0.4 is 10.6 Å². The van der Waals surface area contributed by atoms with E-state index >= 15 is 0 Å². The molecule has 9 heteroatoms. The molecule has 4 rings (SSSR count). The largest absolute Gasteiger partial charge is 0.416 e. The first-order valence-corrected chi connectivity index (χ1v) is 9.90. The minimum Gasteiger partial charge on any atom is -0.367 e. The lowest BCUT2D eigenvalue weighted by molar-refractivity contribution is -0.137. The molecule has 0 aliphatic carbocycles. The Balaban J connectivity index is 1.71. The molecule has 1 fully saturated rings. The molecule has 0 radical (unpaired) electrons. The molecule has 2 aliphatic heterocycles. The van der Waals surface area contributed by atoms with E-state index in [0.29, 0.717) is 47.5 Å². The van der Waals surface area contributed by atoms with Gasteiger partial charge >= 0.3 is 6.18 Å². The number of ketones is 1. The van der Waals surface area contributed by atoms with Crippen molar-refractivity contribution in [2.45, 2.75) is 44.4 Å². The highest BCUT2D eigenvalue weighted by molar-refractivity contribution is 6.15. The molecule has 1 amide bonds. The normalized spacial score (nSPS) is 22.9. The van der Waals surface area contributed by atoms with Crippen molar-refractivity contribution in [2.75, 3.05) is 11.9 Å². The van der Waals surface area contributed by atoms with Gasteiger partial charge in [-0.05, 0) is 38.0 Å². The van der Waals surface area contributed by atoms with Gasteiger partial charge in [0.2, 0.25) is 5.91 Å². The van der Waals surface area contributed by atoms with E-state index in [9.17, 15) is 22.8 Å². The number of pyridine rings is 1. The van der Waals surface area contributed by atoms with Crippen molar-refractivity contribution in [3.05, 3.63) is 47.2 Å². The van der Waals surface area contributed by atoms with Gasteiger partial charge in [-0.1, -0.05) is 12.1 Å². The summed E-state index contributed by atoms with van der Waals surface area (Å²) in [6.07, 6.45) is -0.229. The Morgan fingerprint density at radius 3 is 2.55 bits per heavy atom. The lowest BCUT2D eigenvalue weighted by atomic mass is 9.91. The predicted octanol–water partition coefficient (Wildman–Crippen LogP) is 3.85. The molecule has 2 aromatic rings. The van der Waals surface area contributed by atoms with Crippen LogP contribution in [0.3, 0.4) is 0 Å². The van der Waals surface area contributed by atoms with E-state index in [1.807, 2.05) is 6.92 Å². The van der Waals surface area contributed by atoms with Crippen molar-refractivity contribution in [3.63, 3.8) is 0 Å². The van der Waals surface area contributed by atoms with Gasteiger partial charge in [0.1, 0.15) is 11.9 Å². The van der Waals surface area contributed by atoms with Gasteiger partial charge in [-0.2, -0.15) is 13.2 Å². The summed E-state index contributed by atoms with van der Waals surface area (Å²) >= 11 is 0. The smallest absolute Gasteiger partial charge is 0.367 e. The number of nitrogens with zero attached hydrogens (tertiary/aromatic N) is 2. The van der Waals surface area contributed by atoms with Gasteiger partial charge in [-0.25, -0.2) is 4.98 Å². The van der Waals surface area contributed by atoms with E-state index in [1.165, 1.54) is 18.3 Å². The van der Waals surface area contributed by atoms with Crippen molar-refractivity contribution in [2.24, 2.45) is 4.99 Å². The predicted molar refractivity (Wildman–Crippen MR) is 110 cm³/mol. The molecule has 2 N–H and O–H groups in total. The van der Waals surface area contributed by atoms with Gasteiger partial charge in [0.25, 0.3) is 0 Å². The van der Waals surface area contributed by atoms with Crippen LogP contribution in [0.25, 0.3) is 11.1 Å². The minimum absolute atomic E-state index is 0.0197. The Kier molecular flexibility index (Phi) is 5.07. The number of alkyl halides is 3. The average Bonchev–Trinajstić information content (AvgIpc) is 3.07. The number of aromatic nitrogens is 1. The molecule has 0 bridgehead atoms. The van der Waals surface area contributed by atoms with Crippen LogP contribution in [0.4, 0.5) is 19.0 Å². The zero-order chi connectivity index (χ0) is 22.4. The zero-order valence-electron chi connectivity index (χ0n) is 17.0. The summed E-state index contributed by atoms with van der Waals surface area (Å²) < 4.78 is 38.7. The highest BCUT2D eigenvalue weighted by Crippen LogP contribution is 2.35. The van der Waals surface area contributed by atoms with Crippen molar-refractivity contribution >= 4 is 23.7 Å². The maximum absolute atomic E-state index is 12.9. The second-order valence-electron chi connectivity index (χ2n) is 8.17. The third-order valence-electron chi connectivity index (χ3n) is 5.69. The first-order chi connectivity index (χ1) is 14.6. The number of rotatable bonds is 4. The molecule has 162 valence electrons. The molecule has 2 atom stereocenters. The molecule has 2 aliphatic rings. The maximum Gasteiger partial charge on any atom is 0.416 e. The number of halogens is 3. The Morgan fingerprint density at radius 1 is 1.23 bits per heavy atom. The SMILES string of the molecule is CC1N=Cc2c(-c3ccc(C(F)(F)F)cc3)cnc(NCC3(C)CCC(=O)N3)c2C1=O. The van der Waals surface area contributed by atoms with Crippen LogP contribution in [0.1, 0.15) is 48.2 Å². The molecule has 2 unspecified atom stereocenters. The number of benzene rings is 1.